The van der Waals surface area contributed by atoms with Crippen molar-refractivity contribution in [2.75, 3.05) is 17.4 Å². The van der Waals surface area contributed by atoms with Gasteiger partial charge >= 0.3 is 0 Å². The van der Waals surface area contributed by atoms with E-state index in [2.05, 4.69) is 5.32 Å². The normalized spacial score (nSPS) is 12.0. The van der Waals surface area contributed by atoms with Gasteiger partial charge in [0.05, 0.1) is 15.6 Å². The van der Waals surface area contributed by atoms with E-state index >= 15 is 0 Å². The standard InChI is InChI=1S/C34H35ClFN3O4S/c1-25(2)22-37-34(41)32(21-26-13-5-3-6-14-26)38(23-27-15-9-11-19-30(27)36)33(40)24-39(31-20-12-10-18-29(31)35)44(42,43)28-16-7-4-8-17-28/h3-20,25,32H,21-24H2,1-2H3,(H,37,41)/t32-/m1/s1. The van der Waals surface area contributed by atoms with Crippen LogP contribution in [0.4, 0.5) is 10.1 Å². The molecule has 230 valence electrons. The van der Waals surface area contributed by atoms with Crippen LogP contribution in [0, 0.1) is 11.7 Å². The minimum atomic E-state index is -4.29. The summed E-state index contributed by atoms with van der Waals surface area (Å²) < 4.78 is 43.9. The fraction of sp³-hybridized carbons (Fsp3) is 0.235. The van der Waals surface area contributed by atoms with E-state index in [1.54, 1.807) is 36.4 Å². The zero-order chi connectivity index (χ0) is 31.7. The molecule has 0 aliphatic heterocycles. The Morgan fingerprint density at radius 3 is 2.07 bits per heavy atom. The zero-order valence-corrected chi connectivity index (χ0v) is 26.1. The summed E-state index contributed by atoms with van der Waals surface area (Å²) in [6, 6.07) is 28.1. The lowest BCUT2D eigenvalue weighted by Gasteiger charge is -2.34. The molecule has 0 aliphatic carbocycles. The summed E-state index contributed by atoms with van der Waals surface area (Å²) in [5, 5.41) is 3.03. The van der Waals surface area contributed by atoms with Crippen LogP contribution in [0.2, 0.25) is 5.02 Å². The fourth-order valence-corrected chi connectivity index (χ4v) is 6.42. The maximum atomic E-state index is 15.0. The number of carbonyl (C=O) groups excluding carboxylic acids is 2. The van der Waals surface area contributed by atoms with Gasteiger partial charge in [0.15, 0.2) is 0 Å². The lowest BCUT2D eigenvalue weighted by molar-refractivity contribution is -0.140. The van der Waals surface area contributed by atoms with Crippen molar-refractivity contribution < 1.29 is 22.4 Å². The van der Waals surface area contributed by atoms with Gasteiger partial charge in [-0.25, -0.2) is 12.8 Å². The Morgan fingerprint density at radius 1 is 0.841 bits per heavy atom. The number of carbonyl (C=O) groups is 2. The number of para-hydroxylation sites is 1. The quantitative estimate of drug-likeness (QED) is 0.193. The van der Waals surface area contributed by atoms with Gasteiger partial charge in [0.25, 0.3) is 10.0 Å². The average molecular weight is 636 g/mol. The molecule has 44 heavy (non-hydrogen) atoms. The molecule has 1 atom stereocenters. The zero-order valence-electron chi connectivity index (χ0n) is 24.6. The Labute approximate surface area is 263 Å². The Morgan fingerprint density at radius 2 is 1.43 bits per heavy atom. The van der Waals surface area contributed by atoms with Crippen LogP contribution in [0.5, 0.6) is 0 Å². The highest BCUT2D eigenvalue weighted by Crippen LogP contribution is 2.31. The van der Waals surface area contributed by atoms with Crippen molar-refractivity contribution in [1.29, 1.82) is 0 Å². The van der Waals surface area contributed by atoms with Gasteiger partial charge in [-0.05, 0) is 41.8 Å². The van der Waals surface area contributed by atoms with E-state index in [4.69, 9.17) is 11.6 Å². The van der Waals surface area contributed by atoms with Gasteiger partial charge in [-0.2, -0.15) is 0 Å². The van der Waals surface area contributed by atoms with Crippen LogP contribution >= 0.6 is 11.6 Å². The molecule has 4 rings (SSSR count). The first kappa shape index (κ1) is 32.7. The highest BCUT2D eigenvalue weighted by atomic mass is 35.5. The second-order valence-corrected chi connectivity index (χ2v) is 13.0. The van der Waals surface area contributed by atoms with E-state index in [-0.39, 0.29) is 40.1 Å². The van der Waals surface area contributed by atoms with E-state index in [1.165, 1.54) is 47.4 Å². The number of nitrogens with one attached hydrogen (secondary N) is 1. The van der Waals surface area contributed by atoms with Crippen molar-refractivity contribution in [1.82, 2.24) is 10.2 Å². The number of hydrogen-bond acceptors (Lipinski definition) is 4. The van der Waals surface area contributed by atoms with Crippen LogP contribution < -0.4 is 9.62 Å². The monoisotopic (exact) mass is 635 g/mol. The summed E-state index contributed by atoms with van der Waals surface area (Å²) in [5.74, 6) is -1.54. The predicted octanol–water partition coefficient (Wildman–Crippen LogP) is 6.09. The van der Waals surface area contributed by atoms with Gasteiger partial charge in [0, 0.05) is 25.1 Å². The summed E-state index contributed by atoms with van der Waals surface area (Å²) in [7, 11) is -4.29. The van der Waals surface area contributed by atoms with Crippen molar-refractivity contribution in [3.05, 3.63) is 131 Å². The molecule has 10 heteroatoms. The first-order valence-electron chi connectivity index (χ1n) is 14.2. The van der Waals surface area contributed by atoms with E-state index in [1.807, 2.05) is 44.2 Å². The van der Waals surface area contributed by atoms with Crippen LogP contribution in [0.25, 0.3) is 0 Å². The average Bonchev–Trinajstić information content (AvgIpc) is 3.02. The SMILES string of the molecule is CC(C)CNC(=O)[C@@H](Cc1ccccc1)N(Cc1ccccc1F)C(=O)CN(c1ccccc1Cl)S(=O)(=O)c1ccccc1. The van der Waals surface area contributed by atoms with Crippen molar-refractivity contribution >= 4 is 39.1 Å². The third kappa shape index (κ3) is 8.24. The molecule has 1 N–H and O–H groups in total. The molecule has 4 aromatic carbocycles. The second kappa shape index (κ2) is 15.0. The molecule has 0 fully saturated rings. The number of amides is 2. The number of rotatable bonds is 13. The van der Waals surface area contributed by atoms with Gasteiger partial charge in [-0.1, -0.05) is 104 Å². The van der Waals surface area contributed by atoms with Crippen molar-refractivity contribution in [3.63, 3.8) is 0 Å². The maximum absolute atomic E-state index is 15.0. The van der Waals surface area contributed by atoms with Gasteiger partial charge < -0.3 is 10.2 Å². The van der Waals surface area contributed by atoms with E-state index in [0.717, 1.165) is 9.87 Å². The molecule has 0 saturated heterocycles. The number of anilines is 1. The Balaban J connectivity index is 1.81. The second-order valence-electron chi connectivity index (χ2n) is 10.7. The number of benzene rings is 4. The molecule has 0 unspecified atom stereocenters. The molecular weight excluding hydrogens is 601 g/mol. The third-order valence-corrected chi connectivity index (χ3v) is 9.08. The van der Waals surface area contributed by atoms with Crippen molar-refractivity contribution in [2.45, 2.75) is 37.8 Å². The number of nitrogens with zero attached hydrogens (tertiary/aromatic N) is 2. The number of sulfonamides is 1. The minimum Gasteiger partial charge on any atom is -0.354 e. The number of hydrogen-bond donors (Lipinski definition) is 1. The predicted molar refractivity (Wildman–Crippen MR) is 171 cm³/mol. The van der Waals surface area contributed by atoms with E-state index in [0.29, 0.717) is 6.54 Å². The van der Waals surface area contributed by atoms with Gasteiger partial charge in [-0.3, -0.25) is 13.9 Å². The summed E-state index contributed by atoms with van der Waals surface area (Å²) >= 11 is 6.47. The third-order valence-electron chi connectivity index (χ3n) is 6.99. The van der Waals surface area contributed by atoms with Crippen LogP contribution in [0.1, 0.15) is 25.0 Å². The molecule has 0 heterocycles. The molecule has 0 saturated carbocycles. The van der Waals surface area contributed by atoms with Gasteiger partial charge in [0.1, 0.15) is 18.4 Å². The van der Waals surface area contributed by atoms with Gasteiger partial charge in [-0.15, -0.1) is 0 Å². The largest absolute Gasteiger partial charge is 0.354 e. The Hall–Kier alpha value is -4.21. The smallest absolute Gasteiger partial charge is 0.264 e. The number of halogens is 2. The van der Waals surface area contributed by atoms with Crippen LogP contribution in [-0.2, 0) is 32.6 Å². The van der Waals surface area contributed by atoms with E-state index in [9.17, 15) is 22.4 Å². The molecule has 0 aliphatic rings. The van der Waals surface area contributed by atoms with Crippen LogP contribution in [-0.4, -0.2) is 44.3 Å². The molecule has 0 aromatic heterocycles. The first-order valence-corrected chi connectivity index (χ1v) is 16.1. The molecule has 2 amide bonds. The molecule has 0 bridgehead atoms. The highest BCUT2D eigenvalue weighted by molar-refractivity contribution is 7.92. The summed E-state index contributed by atoms with van der Waals surface area (Å²) in [6.45, 7) is 3.31. The maximum Gasteiger partial charge on any atom is 0.264 e. The molecule has 0 radical (unpaired) electrons. The van der Waals surface area contributed by atoms with Crippen molar-refractivity contribution in [3.8, 4) is 0 Å². The van der Waals surface area contributed by atoms with Crippen molar-refractivity contribution in [2.24, 2.45) is 5.92 Å². The molecule has 0 spiro atoms. The van der Waals surface area contributed by atoms with E-state index < -0.39 is 40.2 Å². The minimum absolute atomic E-state index is 0.0381. The molecular formula is C34H35ClFN3O4S. The molecule has 4 aromatic rings. The van der Waals surface area contributed by atoms with Crippen LogP contribution in [0.15, 0.2) is 114 Å². The fourth-order valence-electron chi connectivity index (χ4n) is 4.67. The lowest BCUT2D eigenvalue weighted by atomic mass is 10.0. The Kier molecular flexibility index (Phi) is 11.1. The molecule has 7 nitrogen and oxygen atoms in total. The lowest BCUT2D eigenvalue weighted by Crippen LogP contribution is -2.53. The summed E-state index contributed by atoms with van der Waals surface area (Å²) in [6.07, 6.45) is 0.127. The Bertz CT molecular complexity index is 1670. The van der Waals surface area contributed by atoms with Gasteiger partial charge in [0.2, 0.25) is 11.8 Å². The van der Waals surface area contributed by atoms with Crippen LogP contribution in [0.3, 0.4) is 0 Å². The topological polar surface area (TPSA) is 86.8 Å². The summed E-state index contributed by atoms with van der Waals surface area (Å²) in [5.41, 5.74) is 1.07. The summed E-state index contributed by atoms with van der Waals surface area (Å²) in [4.78, 5) is 29.3. The highest BCUT2D eigenvalue weighted by Gasteiger charge is 2.35. The first-order chi connectivity index (χ1) is 21.1.